The minimum absolute atomic E-state index is 0.604. The fourth-order valence-electron chi connectivity index (χ4n) is 2.97. The van der Waals surface area contributed by atoms with E-state index in [1.54, 1.807) is 26.6 Å². The smallest absolute Gasteiger partial charge is 0.257 e. The van der Waals surface area contributed by atoms with Crippen LogP contribution in [0.4, 0.5) is 5.82 Å². The number of aromatic nitrogens is 2. The van der Waals surface area contributed by atoms with Gasteiger partial charge in [0, 0.05) is 25.5 Å². The average molecular weight is 299 g/mol. The summed E-state index contributed by atoms with van der Waals surface area (Å²) in [6, 6.07) is 8.33. The van der Waals surface area contributed by atoms with E-state index in [4.69, 9.17) is 9.47 Å². The lowest BCUT2D eigenvalue weighted by Crippen LogP contribution is -2.22. The van der Waals surface area contributed by atoms with E-state index in [0.29, 0.717) is 11.8 Å². The van der Waals surface area contributed by atoms with E-state index in [0.717, 1.165) is 37.5 Å². The minimum Gasteiger partial charge on any atom is -0.497 e. The van der Waals surface area contributed by atoms with E-state index in [9.17, 15) is 0 Å². The summed E-state index contributed by atoms with van der Waals surface area (Å²) in [6.07, 6.45) is 5.61. The zero-order chi connectivity index (χ0) is 15.4. The molecule has 116 valence electrons. The Morgan fingerprint density at radius 3 is 2.59 bits per heavy atom. The predicted octanol–water partition coefficient (Wildman–Crippen LogP) is 2.56. The summed E-state index contributed by atoms with van der Waals surface area (Å²) in [7, 11) is 3.33. The SMILES string of the molecule is COc1ccc(CC2CCN(c3nccnc3OC)C2)cc1. The van der Waals surface area contributed by atoms with Gasteiger partial charge < -0.3 is 14.4 Å². The van der Waals surface area contributed by atoms with Gasteiger partial charge in [0.15, 0.2) is 5.82 Å². The summed E-state index contributed by atoms with van der Waals surface area (Å²) in [5.41, 5.74) is 1.35. The molecule has 1 saturated heterocycles. The first-order chi connectivity index (χ1) is 10.8. The molecular weight excluding hydrogens is 278 g/mol. The maximum absolute atomic E-state index is 5.31. The lowest BCUT2D eigenvalue weighted by Gasteiger charge is -2.19. The summed E-state index contributed by atoms with van der Waals surface area (Å²) < 4.78 is 10.5. The van der Waals surface area contributed by atoms with Crippen LogP contribution in [0.25, 0.3) is 0 Å². The maximum Gasteiger partial charge on any atom is 0.257 e. The highest BCUT2D eigenvalue weighted by Gasteiger charge is 2.26. The normalized spacial score (nSPS) is 17.5. The standard InChI is InChI=1S/C17H21N3O2/c1-21-15-5-3-13(4-6-15)11-14-7-10-20(12-14)16-17(22-2)19-9-8-18-16/h3-6,8-9,14H,7,10-12H2,1-2H3. The first kappa shape index (κ1) is 14.6. The summed E-state index contributed by atoms with van der Waals surface area (Å²) in [6.45, 7) is 1.98. The van der Waals surface area contributed by atoms with Gasteiger partial charge in [-0.15, -0.1) is 0 Å². The summed E-state index contributed by atoms with van der Waals surface area (Å²) >= 11 is 0. The van der Waals surface area contributed by atoms with Gasteiger partial charge in [-0.25, -0.2) is 9.97 Å². The van der Waals surface area contributed by atoms with Crippen molar-refractivity contribution in [2.75, 3.05) is 32.2 Å². The molecule has 2 aromatic rings. The Balaban J connectivity index is 1.64. The first-order valence-corrected chi connectivity index (χ1v) is 7.53. The molecule has 0 amide bonds. The van der Waals surface area contributed by atoms with E-state index < -0.39 is 0 Å². The van der Waals surface area contributed by atoms with Crippen molar-refractivity contribution in [2.24, 2.45) is 5.92 Å². The third kappa shape index (κ3) is 3.13. The molecule has 1 aromatic heterocycles. The Kier molecular flexibility index (Phi) is 4.42. The van der Waals surface area contributed by atoms with Crippen LogP contribution in [-0.4, -0.2) is 37.3 Å². The molecule has 5 heteroatoms. The second kappa shape index (κ2) is 6.64. The van der Waals surface area contributed by atoms with Crippen LogP contribution >= 0.6 is 0 Å². The zero-order valence-electron chi connectivity index (χ0n) is 13.0. The number of nitrogens with zero attached hydrogens (tertiary/aromatic N) is 3. The molecule has 22 heavy (non-hydrogen) atoms. The lowest BCUT2D eigenvalue weighted by molar-refractivity contribution is 0.395. The molecule has 0 aliphatic carbocycles. The highest BCUT2D eigenvalue weighted by Crippen LogP contribution is 2.29. The van der Waals surface area contributed by atoms with Gasteiger partial charge in [-0.05, 0) is 36.5 Å². The van der Waals surface area contributed by atoms with Gasteiger partial charge in [-0.1, -0.05) is 12.1 Å². The fourth-order valence-corrected chi connectivity index (χ4v) is 2.97. The van der Waals surface area contributed by atoms with E-state index in [-0.39, 0.29) is 0 Å². The molecule has 0 bridgehead atoms. The second-order valence-corrected chi connectivity index (χ2v) is 5.54. The molecule has 1 fully saturated rings. The Bertz CT molecular complexity index is 616. The predicted molar refractivity (Wildman–Crippen MR) is 85.6 cm³/mol. The van der Waals surface area contributed by atoms with Gasteiger partial charge in [0.1, 0.15) is 5.75 Å². The molecule has 2 heterocycles. The van der Waals surface area contributed by atoms with Gasteiger partial charge in [-0.3, -0.25) is 0 Å². The van der Waals surface area contributed by atoms with Crippen molar-refractivity contribution < 1.29 is 9.47 Å². The van der Waals surface area contributed by atoms with Gasteiger partial charge in [0.2, 0.25) is 0 Å². The highest BCUT2D eigenvalue weighted by atomic mass is 16.5. The Labute approximate surface area is 130 Å². The van der Waals surface area contributed by atoms with Gasteiger partial charge in [-0.2, -0.15) is 0 Å². The van der Waals surface area contributed by atoms with Crippen molar-refractivity contribution in [3.63, 3.8) is 0 Å². The number of rotatable bonds is 5. The fraction of sp³-hybridized carbons (Fsp3) is 0.412. The van der Waals surface area contributed by atoms with Gasteiger partial charge in [0.25, 0.3) is 5.88 Å². The molecule has 1 atom stereocenters. The van der Waals surface area contributed by atoms with Crippen molar-refractivity contribution >= 4 is 5.82 Å². The van der Waals surface area contributed by atoms with Crippen molar-refractivity contribution in [1.82, 2.24) is 9.97 Å². The summed E-state index contributed by atoms with van der Waals surface area (Å²) in [5, 5.41) is 0. The molecule has 0 saturated carbocycles. The van der Waals surface area contributed by atoms with Gasteiger partial charge in [0.05, 0.1) is 14.2 Å². The maximum atomic E-state index is 5.31. The van der Waals surface area contributed by atoms with Crippen LogP contribution in [0.15, 0.2) is 36.7 Å². The molecule has 1 aliphatic heterocycles. The van der Waals surface area contributed by atoms with Crippen LogP contribution in [0.3, 0.4) is 0 Å². The summed E-state index contributed by atoms with van der Waals surface area (Å²) in [5.74, 6) is 2.98. The zero-order valence-corrected chi connectivity index (χ0v) is 13.0. The number of hydrogen-bond acceptors (Lipinski definition) is 5. The minimum atomic E-state index is 0.604. The van der Waals surface area contributed by atoms with Crippen molar-refractivity contribution in [3.05, 3.63) is 42.2 Å². The quantitative estimate of drug-likeness (QED) is 0.849. The third-order valence-corrected chi connectivity index (χ3v) is 4.11. The molecule has 0 radical (unpaired) electrons. The number of hydrogen-bond donors (Lipinski definition) is 0. The molecule has 3 rings (SSSR count). The molecule has 1 aromatic carbocycles. The number of anilines is 1. The number of ether oxygens (including phenoxy) is 2. The summed E-state index contributed by atoms with van der Waals surface area (Å²) in [4.78, 5) is 10.9. The molecular formula is C17H21N3O2. The highest BCUT2D eigenvalue weighted by molar-refractivity contribution is 5.48. The first-order valence-electron chi connectivity index (χ1n) is 7.53. The number of methoxy groups -OCH3 is 2. The Hall–Kier alpha value is -2.30. The molecule has 0 spiro atoms. The van der Waals surface area contributed by atoms with Crippen LogP contribution in [0.2, 0.25) is 0 Å². The molecule has 0 N–H and O–H groups in total. The molecule has 1 unspecified atom stereocenters. The van der Waals surface area contributed by atoms with E-state index in [2.05, 4.69) is 27.0 Å². The molecule has 1 aliphatic rings. The number of benzene rings is 1. The Morgan fingerprint density at radius 1 is 1.09 bits per heavy atom. The van der Waals surface area contributed by atoms with Crippen LogP contribution in [0.1, 0.15) is 12.0 Å². The van der Waals surface area contributed by atoms with Crippen LogP contribution in [-0.2, 0) is 6.42 Å². The average Bonchev–Trinajstić information content (AvgIpc) is 3.04. The van der Waals surface area contributed by atoms with Crippen molar-refractivity contribution in [3.8, 4) is 11.6 Å². The van der Waals surface area contributed by atoms with Crippen LogP contribution in [0.5, 0.6) is 11.6 Å². The monoisotopic (exact) mass is 299 g/mol. The Morgan fingerprint density at radius 2 is 1.86 bits per heavy atom. The van der Waals surface area contributed by atoms with E-state index in [1.165, 1.54) is 5.56 Å². The molecule has 5 nitrogen and oxygen atoms in total. The van der Waals surface area contributed by atoms with Crippen LogP contribution < -0.4 is 14.4 Å². The second-order valence-electron chi connectivity index (χ2n) is 5.54. The third-order valence-electron chi connectivity index (χ3n) is 4.11. The van der Waals surface area contributed by atoms with Crippen LogP contribution in [0, 0.1) is 5.92 Å². The lowest BCUT2D eigenvalue weighted by atomic mass is 9.99. The van der Waals surface area contributed by atoms with Gasteiger partial charge >= 0.3 is 0 Å². The van der Waals surface area contributed by atoms with E-state index in [1.807, 2.05) is 12.1 Å². The topological polar surface area (TPSA) is 47.5 Å². The van der Waals surface area contributed by atoms with Crippen molar-refractivity contribution in [1.29, 1.82) is 0 Å². The van der Waals surface area contributed by atoms with Crippen molar-refractivity contribution in [2.45, 2.75) is 12.8 Å². The largest absolute Gasteiger partial charge is 0.497 e. The van der Waals surface area contributed by atoms with E-state index >= 15 is 0 Å².